The van der Waals surface area contributed by atoms with Gasteiger partial charge in [-0.05, 0) is 37.8 Å². The second kappa shape index (κ2) is 10.0. The van der Waals surface area contributed by atoms with Crippen molar-refractivity contribution < 1.29 is 19.1 Å². The molecule has 144 valence electrons. The van der Waals surface area contributed by atoms with Crippen molar-refractivity contribution in [3.05, 3.63) is 24.3 Å². The van der Waals surface area contributed by atoms with Crippen LogP contribution < -0.4 is 10.1 Å². The largest absolute Gasteiger partial charge is 0.450 e. The Balaban J connectivity index is 2.04. The highest BCUT2D eigenvalue weighted by atomic mass is 16.6. The number of nitrogens with one attached hydrogen (secondary N) is 1. The summed E-state index contributed by atoms with van der Waals surface area (Å²) in [6.07, 6.45) is 4.77. The molecule has 2 amide bonds. The Labute approximate surface area is 155 Å². The lowest BCUT2D eigenvalue weighted by molar-refractivity contribution is 0.110. The highest BCUT2D eigenvalue weighted by Crippen LogP contribution is 2.25. The van der Waals surface area contributed by atoms with E-state index < -0.39 is 6.09 Å². The summed E-state index contributed by atoms with van der Waals surface area (Å²) in [7, 11) is 0. The normalized spacial score (nSPS) is 14.8. The van der Waals surface area contributed by atoms with E-state index >= 15 is 0 Å². The van der Waals surface area contributed by atoms with Crippen LogP contribution in [-0.2, 0) is 4.74 Å². The molecule has 0 heterocycles. The summed E-state index contributed by atoms with van der Waals surface area (Å²) >= 11 is 0. The van der Waals surface area contributed by atoms with E-state index in [1.165, 1.54) is 6.42 Å². The van der Waals surface area contributed by atoms with E-state index in [-0.39, 0.29) is 12.1 Å². The minimum Gasteiger partial charge on any atom is -0.450 e. The Bertz CT molecular complexity index is 597. The van der Waals surface area contributed by atoms with E-state index in [0.29, 0.717) is 30.5 Å². The van der Waals surface area contributed by atoms with Gasteiger partial charge in [-0.2, -0.15) is 0 Å². The summed E-state index contributed by atoms with van der Waals surface area (Å²) in [5, 5.41) is 2.62. The van der Waals surface area contributed by atoms with Crippen molar-refractivity contribution in [3.63, 3.8) is 0 Å². The van der Waals surface area contributed by atoms with Crippen molar-refractivity contribution in [3.8, 4) is 5.75 Å². The minimum atomic E-state index is -0.528. The van der Waals surface area contributed by atoms with Gasteiger partial charge in [0.05, 0.1) is 6.61 Å². The Morgan fingerprint density at radius 1 is 1.23 bits per heavy atom. The zero-order valence-corrected chi connectivity index (χ0v) is 16.0. The van der Waals surface area contributed by atoms with Crippen LogP contribution >= 0.6 is 0 Å². The van der Waals surface area contributed by atoms with Gasteiger partial charge in [0.15, 0.2) is 0 Å². The first-order chi connectivity index (χ1) is 12.5. The molecule has 1 aliphatic carbocycles. The van der Waals surface area contributed by atoms with Gasteiger partial charge in [-0.25, -0.2) is 9.59 Å². The third-order valence-electron chi connectivity index (χ3n) is 4.37. The number of anilines is 1. The molecule has 0 unspecified atom stereocenters. The topological polar surface area (TPSA) is 67.9 Å². The molecule has 26 heavy (non-hydrogen) atoms. The van der Waals surface area contributed by atoms with Crippen molar-refractivity contribution in [2.24, 2.45) is 5.92 Å². The molecule has 1 fully saturated rings. The predicted molar refractivity (Wildman–Crippen MR) is 102 cm³/mol. The van der Waals surface area contributed by atoms with Crippen LogP contribution in [0.5, 0.6) is 5.75 Å². The molecule has 0 atom stereocenters. The second-order valence-corrected chi connectivity index (χ2v) is 7.08. The van der Waals surface area contributed by atoms with Gasteiger partial charge in [-0.3, -0.25) is 5.32 Å². The van der Waals surface area contributed by atoms with Crippen molar-refractivity contribution in [2.75, 3.05) is 18.5 Å². The Kier molecular flexibility index (Phi) is 7.75. The summed E-state index contributed by atoms with van der Waals surface area (Å²) in [5.74, 6) is 0.787. The van der Waals surface area contributed by atoms with Crippen molar-refractivity contribution in [1.29, 1.82) is 0 Å². The SMILES string of the molecule is CCOC(=O)Nc1cccc(OC(=O)N(CC(C)C)C2CCCCC2)c1. The first-order valence-corrected chi connectivity index (χ1v) is 9.52. The van der Waals surface area contributed by atoms with Gasteiger partial charge in [0.25, 0.3) is 0 Å². The molecule has 2 rings (SSSR count). The maximum Gasteiger partial charge on any atom is 0.415 e. The molecular weight excluding hydrogens is 332 g/mol. The monoisotopic (exact) mass is 362 g/mol. The Morgan fingerprint density at radius 3 is 2.62 bits per heavy atom. The highest BCUT2D eigenvalue weighted by molar-refractivity contribution is 5.85. The maximum absolute atomic E-state index is 12.8. The lowest BCUT2D eigenvalue weighted by atomic mass is 9.94. The first kappa shape index (κ1) is 20.1. The number of benzene rings is 1. The standard InChI is InChI=1S/C20H30N2O4/c1-4-25-19(23)21-16-9-8-12-18(13-16)26-20(24)22(14-15(2)3)17-10-6-5-7-11-17/h8-9,12-13,15,17H,4-7,10-11,14H2,1-3H3,(H,21,23). The quantitative estimate of drug-likeness (QED) is 0.769. The fourth-order valence-corrected chi connectivity index (χ4v) is 3.24. The molecule has 0 aliphatic heterocycles. The molecule has 0 radical (unpaired) electrons. The average Bonchev–Trinajstić information content (AvgIpc) is 2.60. The van der Waals surface area contributed by atoms with Crippen molar-refractivity contribution in [2.45, 2.75) is 58.9 Å². The van der Waals surface area contributed by atoms with E-state index in [9.17, 15) is 9.59 Å². The number of hydrogen-bond donors (Lipinski definition) is 1. The van der Waals surface area contributed by atoms with Crippen LogP contribution in [0.3, 0.4) is 0 Å². The molecule has 1 aromatic carbocycles. The number of rotatable bonds is 6. The minimum absolute atomic E-state index is 0.250. The van der Waals surface area contributed by atoms with E-state index in [1.54, 1.807) is 31.2 Å². The molecule has 6 heteroatoms. The van der Waals surface area contributed by atoms with E-state index in [0.717, 1.165) is 25.7 Å². The van der Waals surface area contributed by atoms with Crippen LogP contribution in [0.15, 0.2) is 24.3 Å². The molecule has 0 bridgehead atoms. The van der Waals surface area contributed by atoms with Gasteiger partial charge in [-0.15, -0.1) is 0 Å². The van der Waals surface area contributed by atoms with Gasteiger partial charge in [0, 0.05) is 24.3 Å². The summed E-state index contributed by atoms with van der Waals surface area (Å²) in [4.78, 5) is 26.2. The number of carbonyl (C=O) groups is 2. The van der Waals surface area contributed by atoms with Gasteiger partial charge in [0.2, 0.25) is 0 Å². The average molecular weight is 362 g/mol. The third kappa shape index (κ3) is 6.24. The van der Waals surface area contributed by atoms with E-state index in [1.807, 2.05) is 4.90 Å². The fourth-order valence-electron chi connectivity index (χ4n) is 3.24. The molecular formula is C20H30N2O4. The first-order valence-electron chi connectivity index (χ1n) is 9.52. The van der Waals surface area contributed by atoms with E-state index in [2.05, 4.69) is 19.2 Å². The summed E-state index contributed by atoms with van der Waals surface area (Å²) in [6, 6.07) is 7.05. The van der Waals surface area contributed by atoms with Gasteiger partial charge >= 0.3 is 12.2 Å². The fraction of sp³-hybridized carbons (Fsp3) is 0.600. The second-order valence-electron chi connectivity index (χ2n) is 7.08. The van der Waals surface area contributed by atoms with Crippen LogP contribution in [0, 0.1) is 5.92 Å². The molecule has 6 nitrogen and oxygen atoms in total. The number of ether oxygens (including phenoxy) is 2. The summed E-state index contributed by atoms with van der Waals surface area (Å²) in [6.45, 7) is 6.93. The molecule has 1 aliphatic rings. The summed E-state index contributed by atoms with van der Waals surface area (Å²) in [5.41, 5.74) is 0.529. The number of amides is 2. The Morgan fingerprint density at radius 2 is 1.96 bits per heavy atom. The molecule has 0 aromatic heterocycles. The number of carbonyl (C=O) groups excluding carboxylic acids is 2. The lowest BCUT2D eigenvalue weighted by Gasteiger charge is -2.34. The van der Waals surface area contributed by atoms with Crippen LogP contribution in [-0.4, -0.2) is 36.3 Å². The third-order valence-corrected chi connectivity index (χ3v) is 4.37. The van der Waals surface area contributed by atoms with Gasteiger partial charge < -0.3 is 14.4 Å². The van der Waals surface area contributed by atoms with Gasteiger partial charge in [-0.1, -0.05) is 39.2 Å². The smallest absolute Gasteiger partial charge is 0.415 e. The molecule has 1 N–H and O–H groups in total. The van der Waals surface area contributed by atoms with Crippen LogP contribution in [0.25, 0.3) is 0 Å². The van der Waals surface area contributed by atoms with Crippen molar-refractivity contribution >= 4 is 17.9 Å². The highest BCUT2D eigenvalue weighted by Gasteiger charge is 2.27. The lowest BCUT2D eigenvalue weighted by Crippen LogP contribution is -2.45. The Hall–Kier alpha value is -2.24. The van der Waals surface area contributed by atoms with Crippen LogP contribution in [0.1, 0.15) is 52.9 Å². The molecule has 0 saturated heterocycles. The molecule has 0 spiro atoms. The van der Waals surface area contributed by atoms with E-state index in [4.69, 9.17) is 9.47 Å². The van der Waals surface area contributed by atoms with Crippen molar-refractivity contribution in [1.82, 2.24) is 4.90 Å². The number of nitrogens with zero attached hydrogens (tertiary/aromatic N) is 1. The maximum atomic E-state index is 12.8. The van der Waals surface area contributed by atoms with Gasteiger partial charge in [0.1, 0.15) is 5.75 Å². The zero-order valence-electron chi connectivity index (χ0n) is 16.0. The zero-order chi connectivity index (χ0) is 18.9. The molecule has 1 saturated carbocycles. The molecule has 1 aromatic rings. The van der Waals surface area contributed by atoms with Crippen LogP contribution in [0.2, 0.25) is 0 Å². The number of hydrogen-bond acceptors (Lipinski definition) is 4. The summed E-state index contributed by atoms with van der Waals surface area (Å²) < 4.78 is 10.5. The predicted octanol–water partition coefficient (Wildman–Crippen LogP) is 5.04. The van der Waals surface area contributed by atoms with Crippen LogP contribution in [0.4, 0.5) is 15.3 Å².